The van der Waals surface area contributed by atoms with Gasteiger partial charge in [-0.3, -0.25) is 14.0 Å². The van der Waals surface area contributed by atoms with E-state index in [1.54, 1.807) is 22.4 Å². The molecule has 1 saturated heterocycles. The lowest BCUT2D eigenvalue weighted by Crippen LogP contribution is -2.31. The van der Waals surface area contributed by atoms with Crippen LogP contribution in [0.2, 0.25) is 0 Å². The summed E-state index contributed by atoms with van der Waals surface area (Å²) in [5, 5.41) is 11.7. The van der Waals surface area contributed by atoms with Gasteiger partial charge in [-0.15, -0.1) is 0 Å². The van der Waals surface area contributed by atoms with Crippen LogP contribution in [0.25, 0.3) is 11.4 Å². The number of amides is 1. The summed E-state index contributed by atoms with van der Waals surface area (Å²) in [6.45, 7) is 2.51. The molecule has 1 aliphatic rings. The summed E-state index contributed by atoms with van der Waals surface area (Å²) in [4.78, 5) is 33.1. The van der Waals surface area contributed by atoms with Crippen LogP contribution in [0.4, 0.5) is 0 Å². The largest absolute Gasteiger partial charge is 0.505 e. The lowest BCUT2D eigenvalue weighted by molar-refractivity contribution is -0.139. The van der Waals surface area contributed by atoms with E-state index in [4.69, 9.17) is 4.74 Å². The number of ketones is 1. The number of ether oxygens (including phenoxy) is 1. The topological polar surface area (TPSA) is 84.1 Å². The molecule has 41 heavy (non-hydrogen) atoms. The van der Waals surface area contributed by atoms with E-state index in [0.29, 0.717) is 47.9 Å². The maximum Gasteiger partial charge on any atom is 0.295 e. The number of aliphatic hydroxyl groups excluding tert-OH is 1. The zero-order valence-electron chi connectivity index (χ0n) is 22.6. The number of rotatable bonds is 8. The molecular weight excluding hydrogens is 514 g/mol. The van der Waals surface area contributed by atoms with Gasteiger partial charge in [-0.25, -0.2) is 4.98 Å². The van der Waals surface area contributed by atoms with E-state index in [-0.39, 0.29) is 11.3 Å². The molecule has 1 unspecified atom stereocenters. The van der Waals surface area contributed by atoms with Gasteiger partial charge in [0.05, 0.1) is 17.3 Å². The number of Topliss-reactive ketones (excluding diaryl/α,β-unsaturated/α-hetero) is 1. The molecule has 7 heteroatoms. The van der Waals surface area contributed by atoms with Crippen LogP contribution in [0, 0.1) is 6.92 Å². The summed E-state index contributed by atoms with van der Waals surface area (Å²) >= 11 is 0. The number of carbonyl (C=O) groups excluding carboxylic acids is 2. The number of aliphatic hydroxyl groups is 1. The maximum absolute atomic E-state index is 13.6. The third-order valence-electron chi connectivity index (χ3n) is 7.40. The minimum absolute atomic E-state index is 0.0507. The van der Waals surface area contributed by atoms with Crippen molar-refractivity contribution in [1.82, 2.24) is 14.3 Å². The second-order valence-electron chi connectivity index (χ2n) is 10.0. The van der Waals surface area contributed by atoms with Crippen molar-refractivity contribution >= 4 is 23.1 Å². The highest BCUT2D eigenvalue weighted by molar-refractivity contribution is 6.46. The van der Waals surface area contributed by atoms with Crippen molar-refractivity contribution in [3.63, 3.8) is 0 Å². The number of hydrogen-bond donors (Lipinski definition) is 1. The molecule has 6 rings (SSSR count). The SMILES string of the molecule is Cc1nc2ccccn2c1/C(O)=C1\C(=O)C(=O)N(CCc2ccccc2)C1c1ccc(OCc2ccccc2)cc1. The van der Waals surface area contributed by atoms with Gasteiger partial charge in [-0.1, -0.05) is 78.9 Å². The van der Waals surface area contributed by atoms with Gasteiger partial charge in [0.1, 0.15) is 23.7 Å². The molecule has 2 aromatic heterocycles. The summed E-state index contributed by atoms with van der Waals surface area (Å²) < 4.78 is 7.70. The Morgan fingerprint density at radius 1 is 0.854 bits per heavy atom. The van der Waals surface area contributed by atoms with Crippen LogP contribution in [0.5, 0.6) is 5.75 Å². The van der Waals surface area contributed by atoms with Gasteiger partial charge >= 0.3 is 0 Å². The van der Waals surface area contributed by atoms with E-state index < -0.39 is 17.7 Å². The number of likely N-dealkylation sites (tertiary alicyclic amines) is 1. The zero-order chi connectivity index (χ0) is 28.3. The van der Waals surface area contributed by atoms with Gasteiger partial charge in [-0.2, -0.15) is 0 Å². The van der Waals surface area contributed by atoms with Gasteiger partial charge in [0.2, 0.25) is 0 Å². The molecule has 0 spiro atoms. The Morgan fingerprint density at radius 3 is 2.22 bits per heavy atom. The summed E-state index contributed by atoms with van der Waals surface area (Å²) in [5.74, 6) is -0.925. The first-order valence-corrected chi connectivity index (χ1v) is 13.5. The fourth-order valence-electron chi connectivity index (χ4n) is 5.37. The Bertz CT molecular complexity index is 1740. The molecule has 3 aromatic carbocycles. The van der Waals surface area contributed by atoms with Crippen LogP contribution in [0.3, 0.4) is 0 Å². The molecule has 0 aliphatic carbocycles. The molecule has 3 heterocycles. The highest BCUT2D eigenvalue weighted by atomic mass is 16.5. The number of aromatic nitrogens is 2. The number of benzene rings is 3. The number of aryl methyl sites for hydroxylation is 1. The number of nitrogens with zero attached hydrogens (tertiary/aromatic N) is 3. The highest BCUT2D eigenvalue weighted by Crippen LogP contribution is 2.40. The number of imidazole rings is 1. The molecule has 0 bridgehead atoms. The highest BCUT2D eigenvalue weighted by Gasteiger charge is 2.46. The molecule has 1 atom stereocenters. The number of fused-ring (bicyclic) bond motifs is 1. The summed E-state index contributed by atoms with van der Waals surface area (Å²) in [5.41, 5.74) is 4.46. The molecule has 1 N–H and O–H groups in total. The van der Waals surface area contributed by atoms with Gasteiger partial charge in [0.25, 0.3) is 11.7 Å². The van der Waals surface area contributed by atoms with Crippen molar-refractivity contribution in [3.8, 4) is 5.75 Å². The first kappa shape index (κ1) is 26.1. The fraction of sp³-hybridized carbons (Fsp3) is 0.147. The molecule has 0 saturated carbocycles. The fourth-order valence-corrected chi connectivity index (χ4v) is 5.37. The van der Waals surface area contributed by atoms with Crippen molar-refractivity contribution in [2.75, 3.05) is 6.54 Å². The van der Waals surface area contributed by atoms with Crippen LogP contribution in [-0.4, -0.2) is 37.6 Å². The van der Waals surface area contributed by atoms with Crippen LogP contribution in [-0.2, 0) is 22.6 Å². The number of pyridine rings is 1. The Hall–Kier alpha value is -5.17. The molecule has 5 aromatic rings. The third-order valence-corrected chi connectivity index (χ3v) is 7.40. The van der Waals surface area contributed by atoms with Crippen LogP contribution in [0.15, 0.2) is 115 Å². The van der Waals surface area contributed by atoms with E-state index in [9.17, 15) is 14.7 Å². The quantitative estimate of drug-likeness (QED) is 0.150. The molecular formula is C34H29N3O4. The molecule has 204 valence electrons. The number of carbonyl (C=O) groups is 2. The van der Waals surface area contributed by atoms with Crippen LogP contribution >= 0.6 is 0 Å². The first-order chi connectivity index (χ1) is 20.0. The summed E-state index contributed by atoms with van der Waals surface area (Å²) in [7, 11) is 0. The second-order valence-corrected chi connectivity index (χ2v) is 10.0. The Balaban J connectivity index is 1.39. The minimum atomic E-state index is -0.768. The number of hydrogen-bond acceptors (Lipinski definition) is 5. The van der Waals surface area contributed by atoms with Crippen molar-refractivity contribution in [3.05, 3.63) is 143 Å². The molecule has 1 amide bonds. The van der Waals surface area contributed by atoms with Crippen molar-refractivity contribution < 1.29 is 19.4 Å². The van der Waals surface area contributed by atoms with E-state index in [1.165, 1.54) is 0 Å². The van der Waals surface area contributed by atoms with E-state index in [0.717, 1.165) is 11.1 Å². The average Bonchev–Trinajstić information content (AvgIpc) is 3.48. The minimum Gasteiger partial charge on any atom is -0.505 e. The van der Waals surface area contributed by atoms with Crippen LogP contribution < -0.4 is 4.74 Å². The smallest absolute Gasteiger partial charge is 0.295 e. The van der Waals surface area contributed by atoms with Crippen LogP contribution in [0.1, 0.15) is 34.1 Å². The average molecular weight is 544 g/mol. The van der Waals surface area contributed by atoms with E-state index in [2.05, 4.69) is 4.98 Å². The Labute approximate surface area is 238 Å². The van der Waals surface area contributed by atoms with Gasteiger partial charge in [0.15, 0.2) is 5.76 Å². The first-order valence-electron chi connectivity index (χ1n) is 13.5. The lowest BCUT2D eigenvalue weighted by Gasteiger charge is -2.25. The van der Waals surface area contributed by atoms with Crippen molar-refractivity contribution in [2.45, 2.75) is 26.0 Å². The summed E-state index contributed by atoms with van der Waals surface area (Å²) in [6, 6.07) is 31.8. The standard InChI is InChI=1S/C34H29N3O4/c1-23-30(36-20-9-8-14-28(36)35-23)32(38)29-31(37(34(40)33(29)39)21-19-24-10-4-2-5-11-24)26-15-17-27(18-16-26)41-22-25-12-6-3-7-13-25/h2-18,20,31,38H,19,21-22H2,1H3/b32-29+. The van der Waals surface area contributed by atoms with Crippen molar-refractivity contribution in [1.29, 1.82) is 0 Å². The molecule has 7 nitrogen and oxygen atoms in total. The summed E-state index contributed by atoms with van der Waals surface area (Å²) in [6.07, 6.45) is 2.35. The van der Waals surface area contributed by atoms with Gasteiger partial charge in [-0.05, 0) is 54.3 Å². The Kier molecular flexibility index (Phi) is 7.08. The Morgan fingerprint density at radius 2 is 1.51 bits per heavy atom. The second kappa shape index (κ2) is 11.1. The molecule has 1 fully saturated rings. The normalized spacial score (nSPS) is 16.4. The van der Waals surface area contributed by atoms with Gasteiger partial charge in [0, 0.05) is 12.7 Å². The monoisotopic (exact) mass is 543 g/mol. The zero-order valence-corrected chi connectivity index (χ0v) is 22.6. The van der Waals surface area contributed by atoms with Crippen molar-refractivity contribution in [2.24, 2.45) is 0 Å². The lowest BCUT2D eigenvalue weighted by atomic mass is 9.96. The van der Waals surface area contributed by atoms with E-state index in [1.807, 2.05) is 103 Å². The van der Waals surface area contributed by atoms with Gasteiger partial charge < -0.3 is 14.7 Å². The van der Waals surface area contributed by atoms with E-state index >= 15 is 0 Å². The molecule has 0 radical (unpaired) electrons. The predicted octanol–water partition coefficient (Wildman–Crippen LogP) is 5.89. The predicted molar refractivity (Wildman–Crippen MR) is 156 cm³/mol. The molecule has 1 aliphatic heterocycles. The third kappa shape index (κ3) is 5.10. The maximum atomic E-state index is 13.6.